The maximum atomic E-state index is 12.5. The number of nitrogens with zero attached hydrogens (tertiary/aromatic N) is 2. The van der Waals surface area contributed by atoms with Crippen LogP contribution in [0.2, 0.25) is 5.02 Å². The van der Waals surface area contributed by atoms with Crippen LogP contribution in [0.5, 0.6) is 11.5 Å². The van der Waals surface area contributed by atoms with Crippen LogP contribution in [0.3, 0.4) is 0 Å². The van der Waals surface area contributed by atoms with Gasteiger partial charge in [0, 0.05) is 16.0 Å². The first-order valence-electron chi connectivity index (χ1n) is 9.39. The number of hydrogen-bond donors (Lipinski definition) is 1. The van der Waals surface area contributed by atoms with Crippen LogP contribution in [-0.4, -0.2) is 34.2 Å². The second kappa shape index (κ2) is 9.07. The van der Waals surface area contributed by atoms with Crippen molar-refractivity contribution in [3.05, 3.63) is 58.1 Å². The van der Waals surface area contributed by atoms with E-state index < -0.39 is 0 Å². The van der Waals surface area contributed by atoms with E-state index in [9.17, 15) is 9.59 Å². The lowest BCUT2D eigenvalue weighted by Gasteiger charge is -2.01. The minimum atomic E-state index is -0.201. The number of anilines is 1. The van der Waals surface area contributed by atoms with Gasteiger partial charge in [-0.3, -0.25) is 9.59 Å². The highest BCUT2D eigenvalue weighted by molar-refractivity contribution is 8.01. The SMILES string of the molecule is O=C(Cc1csc(SCC(=O)c2ccc3c(c2)OCO3)n1)Nc1nc2ccc(Cl)cc2s1. The van der Waals surface area contributed by atoms with Gasteiger partial charge in [-0.05, 0) is 36.4 Å². The number of ketones is 1. The molecule has 1 aliphatic rings. The third kappa shape index (κ3) is 4.73. The summed E-state index contributed by atoms with van der Waals surface area (Å²) >= 11 is 10.1. The highest BCUT2D eigenvalue weighted by Gasteiger charge is 2.17. The lowest BCUT2D eigenvalue weighted by atomic mass is 10.1. The number of ether oxygens (including phenoxy) is 2. The molecular weight excluding hydrogens is 490 g/mol. The van der Waals surface area contributed by atoms with Crippen molar-refractivity contribution in [1.29, 1.82) is 0 Å². The van der Waals surface area contributed by atoms with Crippen molar-refractivity contribution in [2.75, 3.05) is 17.9 Å². The Morgan fingerprint density at radius 1 is 1.12 bits per heavy atom. The van der Waals surface area contributed by atoms with E-state index in [-0.39, 0.29) is 30.7 Å². The van der Waals surface area contributed by atoms with Gasteiger partial charge in [-0.25, -0.2) is 9.97 Å². The predicted octanol–water partition coefficient (Wildman–Crippen LogP) is 5.29. The van der Waals surface area contributed by atoms with Crippen molar-refractivity contribution in [3.63, 3.8) is 0 Å². The van der Waals surface area contributed by atoms with Crippen LogP contribution < -0.4 is 14.8 Å². The van der Waals surface area contributed by atoms with Crippen LogP contribution >= 0.6 is 46.0 Å². The largest absolute Gasteiger partial charge is 0.454 e. The molecule has 0 atom stereocenters. The van der Waals surface area contributed by atoms with Gasteiger partial charge in [0.05, 0.1) is 28.1 Å². The summed E-state index contributed by atoms with van der Waals surface area (Å²) in [5, 5.41) is 5.78. The van der Waals surface area contributed by atoms with E-state index in [2.05, 4.69) is 15.3 Å². The molecule has 0 bridgehead atoms. The van der Waals surface area contributed by atoms with Crippen molar-refractivity contribution in [1.82, 2.24) is 9.97 Å². The Morgan fingerprint density at radius 3 is 2.91 bits per heavy atom. The van der Waals surface area contributed by atoms with Gasteiger partial charge < -0.3 is 14.8 Å². The summed E-state index contributed by atoms with van der Waals surface area (Å²) in [6.07, 6.45) is 0.129. The molecule has 0 unspecified atom stereocenters. The first-order valence-corrected chi connectivity index (χ1v) is 12.5. The van der Waals surface area contributed by atoms with Gasteiger partial charge in [0.1, 0.15) is 0 Å². The molecule has 2 aromatic carbocycles. The number of nitrogens with one attached hydrogen (secondary N) is 1. The van der Waals surface area contributed by atoms with Crippen LogP contribution in [0.1, 0.15) is 16.1 Å². The summed E-state index contributed by atoms with van der Waals surface area (Å²) in [7, 11) is 0. The fraction of sp³-hybridized carbons (Fsp3) is 0.143. The lowest BCUT2D eigenvalue weighted by Crippen LogP contribution is -2.14. The number of fused-ring (bicyclic) bond motifs is 2. The first kappa shape index (κ1) is 21.2. The average Bonchev–Trinajstić information content (AvgIpc) is 3.50. The number of carbonyl (C=O) groups is 2. The molecule has 2 aromatic heterocycles. The summed E-state index contributed by atoms with van der Waals surface area (Å²) < 4.78 is 12.2. The summed E-state index contributed by atoms with van der Waals surface area (Å²) in [6, 6.07) is 10.6. The zero-order chi connectivity index (χ0) is 22.1. The monoisotopic (exact) mass is 503 g/mol. The molecule has 1 amide bonds. The highest BCUT2D eigenvalue weighted by atomic mass is 35.5. The van der Waals surface area contributed by atoms with Crippen molar-refractivity contribution >= 4 is 73.1 Å². The number of thiazole rings is 2. The van der Waals surface area contributed by atoms with Crippen molar-refractivity contribution in [2.24, 2.45) is 0 Å². The topological polar surface area (TPSA) is 90.4 Å². The smallest absolute Gasteiger partial charge is 0.232 e. The first-order chi connectivity index (χ1) is 15.5. The van der Waals surface area contributed by atoms with Crippen LogP contribution in [0.15, 0.2) is 46.1 Å². The van der Waals surface area contributed by atoms with Crippen LogP contribution in [0.25, 0.3) is 10.2 Å². The molecule has 1 aliphatic heterocycles. The number of Topliss-reactive ketones (excluding diaryl/α,β-unsaturated/α-hetero) is 1. The van der Waals surface area contributed by atoms with E-state index >= 15 is 0 Å². The second-order valence-electron chi connectivity index (χ2n) is 6.74. The summed E-state index contributed by atoms with van der Waals surface area (Å²) in [5.74, 6) is 1.24. The van der Waals surface area contributed by atoms with Crippen LogP contribution in [-0.2, 0) is 11.2 Å². The maximum Gasteiger partial charge on any atom is 0.232 e. The number of benzene rings is 2. The second-order valence-corrected chi connectivity index (χ2v) is 10.3. The van der Waals surface area contributed by atoms with E-state index in [0.29, 0.717) is 32.9 Å². The Kier molecular flexibility index (Phi) is 6.01. The van der Waals surface area contributed by atoms with E-state index in [4.69, 9.17) is 21.1 Å². The van der Waals surface area contributed by atoms with Gasteiger partial charge in [0.25, 0.3) is 0 Å². The average molecular weight is 504 g/mol. The number of carbonyl (C=O) groups excluding carboxylic acids is 2. The zero-order valence-electron chi connectivity index (χ0n) is 16.3. The zero-order valence-corrected chi connectivity index (χ0v) is 19.5. The van der Waals surface area contributed by atoms with E-state index in [1.54, 1.807) is 24.3 Å². The molecule has 0 radical (unpaired) electrons. The van der Waals surface area contributed by atoms with Gasteiger partial charge >= 0.3 is 0 Å². The Labute approximate surface area is 199 Å². The molecule has 5 rings (SSSR count). The fourth-order valence-electron chi connectivity index (χ4n) is 3.00. The predicted molar refractivity (Wildman–Crippen MR) is 127 cm³/mol. The molecule has 0 spiro atoms. The molecule has 7 nitrogen and oxygen atoms in total. The summed E-state index contributed by atoms with van der Waals surface area (Å²) in [5.41, 5.74) is 2.00. The minimum Gasteiger partial charge on any atom is -0.454 e. The minimum absolute atomic E-state index is 0.0290. The molecule has 0 aliphatic carbocycles. The number of thioether (sulfide) groups is 1. The number of amides is 1. The maximum absolute atomic E-state index is 12.5. The van der Waals surface area contributed by atoms with E-state index in [1.165, 1.54) is 34.4 Å². The molecule has 162 valence electrons. The van der Waals surface area contributed by atoms with Crippen molar-refractivity contribution in [3.8, 4) is 11.5 Å². The number of hydrogen-bond acceptors (Lipinski definition) is 9. The lowest BCUT2D eigenvalue weighted by molar-refractivity contribution is -0.115. The third-order valence-corrected chi connectivity index (χ3v) is 7.73. The van der Waals surface area contributed by atoms with E-state index in [0.717, 1.165) is 14.6 Å². The highest BCUT2D eigenvalue weighted by Crippen LogP contribution is 2.33. The van der Waals surface area contributed by atoms with Gasteiger partial charge in [-0.15, -0.1) is 11.3 Å². The van der Waals surface area contributed by atoms with Crippen molar-refractivity contribution in [2.45, 2.75) is 10.8 Å². The molecule has 0 fully saturated rings. The van der Waals surface area contributed by atoms with Gasteiger partial charge in [-0.1, -0.05) is 34.7 Å². The van der Waals surface area contributed by atoms with Gasteiger partial charge in [0.15, 0.2) is 26.8 Å². The van der Waals surface area contributed by atoms with Crippen LogP contribution in [0.4, 0.5) is 5.13 Å². The number of rotatable bonds is 7. The standard InChI is InChI=1S/C21H14ClN3O4S3/c22-12-2-3-14-18(6-12)32-20(24-14)25-19(27)7-13-8-30-21(23-13)31-9-15(26)11-1-4-16-17(5-11)29-10-28-16/h1-6,8H,7,9-10H2,(H,24,25,27). The van der Waals surface area contributed by atoms with E-state index in [1.807, 2.05) is 17.5 Å². The quantitative estimate of drug-likeness (QED) is 0.270. The molecular formula is C21H14ClN3O4S3. The Morgan fingerprint density at radius 2 is 2.00 bits per heavy atom. The molecule has 1 N–H and O–H groups in total. The molecule has 4 aromatic rings. The van der Waals surface area contributed by atoms with Gasteiger partial charge in [-0.2, -0.15) is 0 Å². The Bertz CT molecular complexity index is 1340. The third-order valence-electron chi connectivity index (χ3n) is 4.49. The molecule has 3 heterocycles. The summed E-state index contributed by atoms with van der Waals surface area (Å²) in [6.45, 7) is 0.171. The Hall–Kier alpha value is -2.66. The Balaban J connectivity index is 1.15. The van der Waals surface area contributed by atoms with Crippen LogP contribution in [0, 0.1) is 0 Å². The fourth-order valence-corrected chi connectivity index (χ4v) is 5.89. The van der Waals surface area contributed by atoms with Crippen molar-refractivity contribution < 1.29 is 19.1 Å². The summed E-state index contributed by atoms with van der Waals surface area (Å²) in [4.78, 5) is 33.7. The molecule has 11 heteroatoms. The molecule has 0 saturated carbocycles. The number of aromatic nitrogens is 2. The number of halogens is 1. The molecule has 0 saturated heterocycles. The normalized spacial score (nSPS) is 12.3. The van der Waals surface area contributed by atoms with Gasteiger partial charge in [0.2, 0.25) is 12.7 Å². The molecule has 32 heavy (non-hydrogen) atoms.